The standard InChI is InChI=1S/C16H17ClN2O4S2/c17-13-6-4-12(5-7-13)11-18-24(20,21)15-2-1-3-16(10-15)25(22,23)19-14-8-9-14/h1-7,10,14,18-19H,8-9,11H2. The van der Waals surface area contributed by atoms with Crippen LogP contribution in [0.15, 0.2) is 58.3 Å². The van der Waals surface area contributed by atoms with E-state index in [4.69, 9.17) is 11.6 Å². The van der Waals surface area contributed by atoms with Gasteiger partial charge in [0, 0.05) is 17.6 Å². The van der Waals surface area contributed by atoms with Gasteiger partial charge in [-0.15, -0.1) is 0 Å². The topological polar surface area (TPSA) is 92.3 Å². The summed E-state index contributed by atoms with van der Waals surface area (Å²) in [6, 6.07) is 12.0. The van der Waals surface area contributed by atoms with Crippen LogP contribution in [0.25, 0.3) is 0 Å². The van der Waals surface area contributed by atoms with Gasteiger partial charge in [0.05, 0.1) is 9.79 Å². The predicted octanol–water partition coefficient (Wildman–Crippen LogP) is 2.26. The average molecular weight is 401 g/mol. The molecule has 3 rings (SSSR count). The number of benzene rings is 2. The van der Waals surface area contributed by atoms with Crippen LogP contribution in [0.5, 0.6) is 0 Å². The molecule has 0 heterocycles. The highest BCUT2D eigenvalue weighted by molar-refractivity contribution is 7.90. The van der Waals surface area contributed by atoms with Crippen molar-refractivity contribution < 1.29 is 16.8 Å². The molecule has 25 heavy (non-hydrogen) atoms. The second-order valence-corrected chi connectivity index (χ2v) is 9.74. The van der Waals surface area contributed by atoms with Gasteiger partial charge in [-0.1, -0.05) is 29.8 Å². The van der Waals surface area contributed by atoms with Gasteiger partial charge < -0.3 is 0 Å². The van der Waals surface area contributed by atoms with Crippen LogP contribution in [-0.2, 0) is 26.6 Å². The van der Waals surface area contributed by atoms with Crippen molar-refractivity contribution in [2.75, 3.05) is 0 Å². The normalized spacial score (nSPS) is 15.2. The van der Waals surface area contributed by atoms with Crippen molar-refractivity contribution in [3.63, 3.8) is 0 Å². The van der Waals surface area contributed by atoms with Gasteiger partial charge >= 0.3 is 0 Å². The van der Waals surface area contributed by atoms with Gasteiger partial charge in [0.25, 0.3) is 0 Å². The van der Waals surface area contributed by atoms with E-state index < -0.39 is 20.0 Å². The number of hydrogen-bond donors (Lipinski definition) is 2. The molecule has 9 heteroatoms. The Kier molecular flexibility index (Phi) is 5.17. The van der Waals surface area contributed by atoms with E-state index in [0.29, 0.717) is 5.02 Å². The monoisotopic (exact) mass is 400 g/mol. The molecule has 1 aliphatic rings. The summed E-state index contributed by atoms with van der Waals surface area (Å²) >= 11 is 5.80. The molecular weight excluding hydrogens is 384 g/mol. The Morgan fingerprint density at radius 2 is 1.52 bits per heavy atom. The fourth-order valence-corrected chi connectivity index (χ4v) is 4.78. The molecular formula is C16H17ClN2O4S2. The Bertz CT molecular complexity index is 969. The molecule has 1 saturated carbocycles. The van der Waals surface area contributed by atoms with Crippen LogP contribution in [0.3, 0.4) is 0 Å². The first-order valence-electron chi connectivity index (χ1n) is 7.63. The molecule has 0 aliphatic heterocycles. The maximum atomic E-state index is 12.4. The fourth-order valence-electron chi connectivity index (χ4n) is 2.16. The molecule has 134 valence electrons. The van der Waals surface area contributed by atoms with Crippen molar-refractivity contribution in [2.45, 2.75) is 35.2 Å². The lowest BCUT2D eigenvalue weighted by molar-refractivity contribution is 0.579. The van der Waals surface area contributed by atoms with Crippen LogP contribution < -0.4 is 9.44 Å². The third kappa shape index (κ3) is 4.80. The third-order valence-corrected chi connectivity index (χ3v) is 6.87. The summed E-state index contributed by atoms with van der Waals surface area (Å²) in [6.07, 6.45) is 1.61. The lowest BCUT2D eigenvalue weighted by Crippen LogP contribution is -2.27. The minimum atomic E-state index is -3.84. The van der Waals surface area contributed by atoms with E-state index in [1.807, 2.05) is 0 Å². The maximum Gasteiger partial charge on any atom is 0.240 e. The molecule has 2 aromatic rings. The summed E-state index contributed by atoms with van der Waals surface area (Å²) in [5.41, 5.74) is 0.743. The SMILES string of the molecule is O=S(=O)(NCc1ccc(Cl)cc1)c1cccc(S(=O)(=O)NC2CC2)c1. The zero-order valence-electron chi connectivity index (χ0n) is 13.1. The summed E-state index contributed by atoms with van der Waals surface area (Å²) in [5, 5.41) is 0.563. The molecule has 1 fully saturated rings. The van der Waals surface area contributed by atoms with Crippen molar-refractivity contribution in [2.24, 2.45) is 0 Å². The average Bonchev–Trinajstić information content (AvgIpc) is 3.38. The highest BCUT2D eigenvalue weighted by Gasteiger charge is 2.28. The van der Waals surface area contributed by atoms with Crippen LogP contribution in [0, 0.1) is 0 Å². The van der Waals surface area contributed by atoms with Gasteiger partial charge in [0.2, 0.25) is 20.0 Å². The first-order chi connectivity index (χ1) is 11.8. The first kappa shape index (κ1) is 18.3. The number of nitrogens with one attached hydrogen (secondary N) is 2. The molecule has 2 N–H and O–H groups in total. The lowest BCUT2D eigenvalue weighted by Gasteiger charge is -2.10. The molecule has 0 atom stereocenters. The maximum absolute atomic E-state index is 12.4. The second kappa shape index (κ2) is 7.05. The van der Waals surface area contributed by atoms with E-state index in [1.54, 1.807) is 24.3 Å². The lowest BCUT2D eigenvalue weighted by atomic mass is 10.2. The second-order valence-electron chi connectivity index (χ2n) is 5.82. The number of sulfonamides is 2. The van der Waals surface area contributed by atoms with E-state index in [9.17, 15) is 16.8 Å². The largest absolute Gasteiger partial charge is 0.240 e. The number of halogens is 1. The van der Waals surface area contributed by atoms with Crippen molar-refractivity contribution in [3.05, 3.63) is 59.1 Å². The summed E-state index contributed by atoms with van der Waals surface area (Å²) in [4.78, 5) is -0.158. The molecule has 6 nitrogen and oxygen atoms in total. The van der Waals surface area contributed by atoms with Crippen molar-refractivity contribution >= 4 is 31.6 Å². The first-order valence-corrected chi connectivity index (χ1v) is 11.0. The Hall–Kier alpha value is -1.45. The van der Waals surface area contributed by atoms with Crippen LogP contribution >= 0.6 is 11.6 Å². The molecule has 0 radical (unpaired) electrons. The quantitative estimate of drug-likeness (QED) is 0.745. The highest BCUT2D eigenvalue weighted by Crippen LogP contribution is 2.23. The predicted molar refractivity (Wildman–Crippen MR) is 95.3 cm³/mol. The van der Waals surface area contributed by atoms with Gasteiger partial charge in [-0.05, 0) is 48.7 Å². The molecule has 2 aromatic carbocycles. The van der Waals surface area contributed by atoms with Crippen LogP contribution in [0.4, 0.5) is 0 Å². The summed E-state index contributed by atoms with van der Waals surface area (Å²) in [7, 11) is -7.55. The molecule has 0 unspecified atom stereocenters. The zero-order valence-corrected chi connectivity index (χ0v) is 15.5. The summed E-state index contributed by atoms with van der Waals surface area (Å²) in [5.74, 6) is 0. The van der Waals surface area contributed by atoms with E-state index >= 15 is 0 Å². The summed E-state index contributed by atoms with van der Waals surface area (Å²) < 4.78 is 54.3. The van der Waals surface area contributed by atoms with Gasteiger partial charge in [0.1, 0.15) is 0 Å². The molecule has 0 amide bonds. The van der Waals surface area contributed by atoms with Gasteiger partial charge in [-0.3, -0.25) is 0 Å². The smallest absolute Gasteiger partial charge is 0.208 e. The van der Waals surface area contributed by atoms with Gasteiger partial charge in [-0.25, -0.2) is 26.3 Å². The van der Waals surface area contributed by atoms with Crippen LogP contribution in [0.2, 0.25) is 5.02 Å². The Morgan fingerprint density at radius 1 is 0.920 bits per heavy atom. The van der Waals surface area contributed by atoms with Crippen LogP contribution in [0.1, 0.15) is 18.4 Å². The number of hydrogen-bond acceptors (Lipinski definition) is 4. The third-order valence-electron chi connectivity index (χ3n) is 3.70. The minimum absolute atomic E-state index is 0.0479. The number of rotatable bonds is 7. The van der Waals surface area contributed by atoms with Crippen molar-refractivity contribution in [3.8, 4) is 0 Å². The minimum Gasteiger partial charge on any atom is -0.208 e. The summed E-state index contributed by atoms with van der Waals surface area (Å²) in [6.45, 7) is 0.0802. The van der Waals surface area contributed by atoms with E-state index in [-0.39, 0.29) is 22.4 Å². The molecule has 0 aromatic heterocycles. The Morgan fingerprint density at radius 3 is 2.12 bits per heavy atom. The van der Waals surface area contributed by atoms with Crippen molar-refractivity contribution in [1.82, 2.24) is 9.44 Å². The fraction of sp³-hybridized carbons (Fsp3) is 0.250. The highest BCUT2D eigenvalue weighted by atomic mass is 35.5. The molecule has 0 spiro atoms. The van der Waals surface area contributed by atoms with Gasteiger partial charge in [-0.2, -0.15) is 0 Å². The molecule has 0 bridgehead atoms. The zero-order chi connectivity index (χ0) is 18.1. The van der Waals surface area contributed by atoms with E-state index in [2.05, 4.69) is 9.44 Å². The molecule has 0 saturated heterocycles. The van der Waals surface area contributed by atoms with E-state index in [0.717, 1.165) is 24.5 Å². The van der Waals surface area contributed by atoms with E-state index in [1.165, 1.54) is 18.2 Å². The molecule has 1 aliphatic carbocycles. The van der Waals surface area contributed by atoms with Crippen molar-refractivity contribution in [1.29, 1.82) is 0 Å². The Balaban J connectivity index is 1.77. The Labute approximate surface area is 152 Å². The van der Waals surface area contributed by atoms with Gasteiger partial charge in [0.15, 0.2) is 0 Å². The van der Waals surface area contributed by atoms with Crippen LogP contribution in [-0.4, -0.2) is 22.9 Å².